The fourth-order valence-corrected chi connectivity index (χ4v) is 1.75. The zero-order valence-corrected chi connectivity index (χ0v) is 10.6. The largest absolute Gasteiger partial charge is 0.338 e. The first kappa shape index (κ1) is 12.3. The number of hydrogen-bond donors (Lipinski definition) is 1. The van der Waals surface area contributed by atoms with E-state index in [1.54, 1.807) is 11.9 Å². The molecule has 0 aliphatic carbocycles. The number of carbonyl (C=O) groups is 1. The molecule has 94 valence electrons. The van der Waals surface area contributed by atoms with Gasteiger partial charge in [0.2, 0.25) is 5.91 Å². The summed E-state index contributed by atoms with van der Waals surface area (Å²) in [6.07, 6.45) is 1.85. The van der Waals surface area contributed by atoms with Gasteiger partial charge in [0.1, 0.15) is 12.2 Å². The number of aryl methyl sites for hydroxylation is 1. The molecule has 1 aromatic carbocycles. The number of nitrogens with one attached hydrogen (secondary N) is 1. The van der Waals surface area contributed by atoms with Gasteiger partial charge in [-0.3, -0.25) is 9.89 Å². The van der Waals surface area contributed by atoms with Gasteiger partial charge in [0.25, 0.3) is 0 Å². The zero-order chi connectivity index (χ0) is 13.0. The monoisotopic (exact) mass is 244 g/mol. The molecule has 1 amide bonds. The summed E-state index contributed by atoms with van der Waals surface area (Å²) in [5.41, 5.74) is 2.20. The van der Waals surface area contributed by atoms with Crippen molar-refractivity contribution < 1.29 is 4.79 Å². The molecule has 0 spiro atoms. The quantitative estimate of drug-likeness (QED) is 0.882. The third-order valence-corrected chi connectivity index (χ3v) is 2.72. The summed E-state index contributed by atoms with van der Waals surface area (Å²) < 4.78 is 0. The van der Waals surface area contributed by atoms with Crippen molar-refractivity contribution >= 4 is 5.91 Å². The number of nitrogens with zero attached hydrogens (tertiary/aromatic N) is 3. The average molecular weight is 244 g/mol. The second-order valence-corrected chi connectivity index (χ2v) is 4.35. The number of aromatic nitrogens is 3. The smallest absolute Gasteiger partial charge is 0.227 e. The van der Waals surface area contributed by atoms with Gasteiger partial charge < -0.3 is 4.90 Å². The Morgan fingerprint density at radius 3 is 2.94 bits per heavy atom. The zero-order valence-electron chi connectivity index (χ0n) is 10.6. The second kappa shape index (κ2) is 5.44. The molecule has 1 aromatic heterocycles. The Hall–Kier alpha value is -2.17. The molecule has 5 nitrogen and oxygen atoms in total. The van der Waals surface area contributed by atoms with Crippen LogP contribution in [0.3, 0.4) is 0 Å². The minimum atomic E-state index is 0.0667. The number of benzene rings is 1. The molecular formula is C13H16N4O. The predicted molar refractivity (Wildman–Crippen MR) is 67.7 cm³/mol. The van der Waals surface area contributed by atoms with E-state index in [1.807, 2.05) is 31.2 Å². The van der Waals surface area contributed by atoms with E-state index in [1.165, 1.54) is 6.33 Å². The van der Waals surface area contributed by atoms with E-state index >= 15 is 0 Å². The van der Waals surface area contributed by atoms with Crippen molar-refractivity contribution in [1.82, 2.24) is 20.1 Å². The molecule has 0 atom stereocenters. The minimum Gasteiger partial charge on any atom is -0.338 e. The maximum atomic E-state index is 12.0. The molecule has 0 aliphatic rings. The topological polar surface area (TPSA) is 61.9 Å². The molecule has 0 saturated carbocycles. The standard InChI is InChI=1S/C13H16N4O/c1-10-4-3-5-11(6-10)7-13(18)17(2)8-12-14-9-15-16-12/h3-6,9H,7-8H2,1-2H3,(H,14,15,16). The molecule has 2 aromatic rings. The van der Waals surface area contributed by atoms with Crippen molar-refractivity contribution in [2.75, 3.05) is 7.05 Å². The highest BCUT2D eigenvalue weighted by atomic mass is 16.2. The van der Waals surface area contributed by atoms with Crippen LogP contribution in [0.1, 0.15) is 17.0 Å². The van der Waals surface area contributed by atoms with Crippen LogP contribution in [0.5, 0.6) is 0 Å². The van der Waals surface area contributed by atoms with Gasteiger partial charge >= 0.3 is 0 Å². The van der Waals surface area contributed by atoms with E-state index in [-0.39, 0.29) is 5.91 Å². The Morgan fingerprint density at radius 2 is 2.28 bits per heavy atom. The number of aromatic amines is 1. The summed E-state index contributed by atoms with van der Waals surface area (Å²) in [4.78, 5) is 17.7. The van der Waals surface area contributed by atoms with Crippen LogP contribution in [-0.4, -0.2) is 33.0 Å². The first-order valence-electron chi connectivity index (χ1n) is 5.79. The van der Waals surface area contributed by atoms with Gasteiger partial charge in [-0.2, -0.15) is 5.10 Å². The van der Waals surface area contributed by atoms with E-state index in [4.69, 9.17) is 0 Å². The van der Waals surface area contributed by atoms with Crippen molar-refractivity contribution in [3.63, 3.8) is 0 Å². The highest BCUT2D eigenvalue weighted by Crippen LogP contribution is 2.07. The molecule has 0 saturated heterocycles. The summed E-state index contributed by atoms with van der Waals surface area (Å²) in [6, 6.07) is 7.98. The summed E-state index contributed by atoms with van der Waals surface area (Å²) in [5.74, 6) is 0.757. The molecule has 5 heteroatoms. The van der Waals surface area contributed by atoms with Crippen LogP contribution >= 0.6 is 0 Å². The number of likely N-dealkylation sites (N-methyl/N-ethyl adjacent to an activating group) is 1. The van der Waals surface area contributed by atoms with Gasteiger partial charge in [-0.1, -0.05) is 29.8 Å². The van der Waals surface area contributed by atoms with E-state index in [9.17, 15) is 4.79 Å². The van der Waals surface area contributed by atoms with Crippen LogP contribution in [0.2, 0.25) is 0 Å². The van der Waals surface area contributed by atoms with E-state index in [2.05, 4.69) is 15.2 Å². The molecule has 0 radical (unpaired) electrons. The number of hydrogen-bond acceptors (Lipinski definition) is 3. The maximum absolute atomic E-state index is 12.0. The Kier molecular flexibility index (Phi) is 3.72. The predicted octanol–water partition coefficient (Wildman–Crippen LogP) is 1.31. The number of rotatable bonds is 4. The molecular weight excluding hydrogens is 228 g/mol. The molecule has 18 heavy (non-hydrogen) atoms. The maximum Gasteiger partial charge on any atom is 0.227 e. The molecule has 0 unspecified atom stereocenters. The molecule has 0 bridgehead atoms. The van der Waals surface area contributed by atoms with Gasteiger partial charge in [-0.05, 0) is 12.5 Å². The van der Waals surface area contributed by atoms with Gasteiger partial charge in [0, 0.05) is 7.05 Å². The van der Waals surface area contributed by atoms with Crippen molar-refractivity contribution in [3.05, 3.63) is 47.5 Å². The highest BCUT2D eigenvalue weighted by molar-refractivity contribution is 5.78. The average Bonchev–Trinajstić information content (AvgIpc) is 2.81. The van der Waals surface area contributed by atoms with Gasteiger partial charge in [0.15, 0.2) is 0 Å². The highest BCUT2D eigenvalue weighted by Gasteiger charge is 2.11. The van der Waals surface area contributed by atoms with E-state index in [0.29, 0.717) is 18.8 Å². The van der Waals surface area contributed by atoms with Crippen molar-refractivity contribution in [3.8, 4) is 0 Å². The van der Waals surface area contributed by atoms with Crippen LogP contribution in [0.15, 0.2) is 30.6 Å². The Labute approximate surface area is 106 Å². The number of H-pyrrole nitrogens is 1. The Balaban J connectivity index is 1.95. The Bertz CT molecular complexity index is 522. The third kappa shape index (κ3) is 3.16. The lowest BCUT2D eigenvalue weighted by Gasteiger charge is -2.15. The lowest BCUT2D eigenvalue weighted by molar-refractivity contribution is -0.129. The van der Waals surface area contributed by atoms with Crippen LogP contribution in [-0.2, 0) is 17.8 Å². The van der Waals surface area contributed by atoms with E-state index < -0.39 is 0 Å². The third-order valence-electron chi connectivity index (χ3n) is 2.72. The van der Waals surface area contributed by atoms with Crippen molar-refractivity contribution in [2.24, 2.45) is 0 Å². The SMILES string of the molecule is Cc1cccc(CC(=O)N(C)Cc2ncn[nH]2)c1. The normalized spacial score (nSPS) is 10.3. The van der Waals surface area contributed by atoms with E-state index in [0.717, 1.165) is 11.1 Å². The van der Waals surface area contributed by atoms with Gasteiger partial charge in [-0.15, -0.1) is 0 Å². The Morgan fingerprint density at radius 1 is 1.44 bits per heavy atom. The molecule has 1 heterocycles. The minimum absolute atomic E-state index is 0.0667. The van der Waals surface area contributed by atoms with Crippen LogP contribution < -0.4 is 0 Å². The lowest BCUT2D eigenvalue weighted by Crippen LogP contribution is -2.28. The molecule has 1 N–H and O–H groups in total. The summed E-state index contributed by atoms with van der Waals surface area (Å²) in [7, 11) is 1.76. The second-order valence-electron chi connectivity index (χ2n) is 4.35. The molecule has 0 aliphatic heterocycles. The van der Waals surface area contributed by atoms with Crippen molar-refractivity contribution in [2.45, 2.75) is 19.9 Å². The summed E-state index contributed by atoms with van der Waals surface area (Å²) in [6.45, 7) is 2.47. The van der Waals surface area contributed by atoms with Crippen molar-refractivity contribution in [1.29, 1.82) is 0 Å². The number of carbonyl (C=O) groups excluding carboxylic acids is 1. The van der Waals surface area contributed by atoms with Crippen LogP contribution in [0, 0.1) is 6.92 Å². The number of amides is 1. The van der Waals surface area contributed by atoms with Crippen LogP contribution in [0.4, 0.5) is 0 Å². The molecule has 0 fully saturated rings. The first-order valence-corrected chi connectivity index (χ1v) is 5.79. The van der Waals surface area contributed by atoms with Crippen LogP contribution in [0.25, 0.3) is 0 Å². The summed E-state index contributed by atoms with van der Waals surface area (Å²) in [5, 5.41) is 6.50. The first-order chi connectivity index (χ1) is 8.65. The lowest BCUT2D eigenvalue weighted by atomic mass is 10.1. The fourth-order valence-electron chi connectivity index (χ4n) is 1.75. The van der Waals surface area contributed by atoms with Gasteiger partial charge in [0.05, 0.1) is 13.0 Å². The fraction of sp³-hybridized carbons (Fsp3) is 0.308. The summed E-state index contributed by atoms with van der Waals surface area (Å²) >= 11 is 0. The van der Waals surface area contributed by atoms with Gasteiger partial charge in [-0.25, -0.2) is 4.98 Å². The molecule has 2 rings (SSSR count).